The maximum absolute atomic E-state index is 12.1. The first-order valence-corrected chi connectivity index (χ1v) is 6.75. The Balaban J connectivity index is 2.04. The fourth-order valence-corrected chi connectivity index (χ4v) is 2.13. The van der Waals surface area contributed by atoms with E-state index in [1.54, 1.807) is 31.2 Å². The summed E-state index contributed by atoms with van der Waals surface area (Å²) >= 11 is 5.85. The van der Waals surface area contributed by atoms with E-state index >= 15 is 0 Å². The van der Waals surface area contributed by atoms with E-state index in [1.807, 2.05) is 30.3 Å². The van der Waals surface area contributed by atoms with Gasteiger partial charge in [-0.2, -0.15) is 0 Å². The molecule has 0 fully saturated rings. The van der Waals surface area contributed by atoms with Gasteiger partial charge in [-0.1, -0.05) is 48.0 Å². The Hall–Kier alpha value is -1.84. The Morgan fingerprint density at radius 2 is 1.85 bits per heavy atom. The van der Waals surface area contributed by atoms with Crippen molar-refractivity contribution in [3.05, 3.63) is 70.7 Å². The van der Waals surface area contributed by atoms with Crippen LogP contribution in [0.1, 0.15) is 28.9 Å². The van der Waals surface area contributed by atoms with Crippen LogP contribution in [0, 0.1) is 0 Å². The molecule has 3 nitrogen and oxygen atoms in total. The minimum atomic E-state index is -0.751. The minimum Gasteiger partial charge on any atom is -0.386 e. The SMILES string of the molecule is C[C@H](NC(=O)c1cccc(Cl)c1)[C@H](O)c1ccccc1. The lowest BCUT2D eigenvalue weighted by Gasteiger charge is -2.20. The molecule has 104 valence electrons. The molecule has 2 aromatic carbocycles. The fraction of sp³-hybridized carbons (Fsp3) is 0.188. The van der Waals surface area contributed by atoms with Crippen LogP contribution < -0.4 is 5.32 Å². The van der Waals surface area contributed by atoms with Crippen molar-refractivity contribution in [3.8, 4) is 0 Å². The van der Waals surface area contributed by atoms with Gasteiger partial charge < -0.3 is 10.4 Å². The van der Waals surface area contributed by atoms with Gasteiger partial charge in [0.2, 0.25) is 0 Å². The van der Waals surface area contributed by atoms with Crippen molar-refractivity contribution in [1.82, 2.24) is 5.32 Å². The molecule has 0 aliphatic heterocycles. The number of aliphatic hydroxyl groups is 1. The van der Waals surface area contributed by atoms with Gasteiger partial charge in [0.25, 0.3) is 5.91 Å². The lowest BCUT2D eigenvalue weighted by atomic mass is 10.0. The highest BCUT2D eigenvalue weighted by Crippen LogP contribution is 2.17. The number of rotatable bonds is 4. The molecule has 2 rings (SSSR count). The van der Waals surface area contributed by atoms with Crippen LogP contribution in [0.2, 0.25) is 5.02 Å². The minimum absolute atomic E-state index is 0.255. The van der Waals surface area contributed by atoms with E-state index < -0.39 is 12.1 Å². The molecule has 0 aliphatic rings. The number of aliphatic hydroxyl groups excluding tert-OH is 1. The van der Waals surface area contributed by atoms with Crippen LogP contribution in [-0.4, -0.2) is 17.1 Å². The van der Waals surface area contributed by atoms with E-state index in [4.69, 9.17) is 11.6 Å². The van der Waals surface area contributed by atoms with Gasteiger partial charge >= 0.3 is 0 Å². The van der Waals surface area contributed by atoms with Crippen LogP contribution in [-0.2, 0) is 0 Å². The molecule has 0 bridgehead atoms. The second-order valence-corrected chi connectivity index (χ2v) is 5.06. The quantitative estimate of drug-likeness (QED) is 0.908. The van der Waals surface area contributed by atoms with Crippen LogP contribution in [0.25, 0.3) is 0 Å². The first-order chi connectivity index (χ1) is 9.58. The maximum atomic E-state index is 12.1. The summed E-state index contributed by atoms with van der Waals surface area (Å²) in [4.78, 5) is 12.1. The molecule has 2 N–H and O–H groups in total. The Morgan fingerprint density at radius 1 is 1.15 bits per heavy atom. The summed E-state index contributed by atoms with van der Waals surface area (Å²) in [6, 6.07) is 15.5. The smallest absolute Gasteiger partial charge is 0.251 e. The van der Waals surface area contributed by atoms with Crippen molar-refractivity contribution in [3.63, 3.8) is 0 Å². The third-order valence-corrected chi connectivity index (χ3v) is 3.30. The molecule has 0 aliphatic carbocycles. The number of nitrogens with one attached hydrogen (secondary N) is 1. The molecular formula is C16H16ClNO2. The summed E-state index contributed by atoms with van der Waals surface area (Å²) < 4.78 is 0. The number of amides is 1. The third-order valence-electron chi connectivity index (χ3n) is 3.06. The molecule has 2 atom stereocenters. The van der Waals surface area contributed by atoms with Gasteiger partial charge in [-0.3, -0.25) is 4.79 Å². The summed E-state index contributed by atoms with van der Waals surface area (Å²) in [5, 5.41) is 13.5. The number of carbonyl (C=O) groups is 1. The summed E-state index contributed by atoms with van der Waals surface area (Å²) in [5.74, 6) is -0.255. The molecular weight excluding hydrogens is 274 g/mol. The van der Waals surface area contributed by atoms with Crippen molar-refractivity contribution in [2.75, 3.05) is 0 Å². The number of hydrogen-bond acceptors (Lipinski definition) is 2. The summed E-state index contributed by atoms with van der Waals surface area (Å²) in [6.07, 6.45) is -0.751. The van der Waals surface area contributed by atoms with Crippen molar-refractivity contribution in [2.24, 2.45) is 0 Å². The van der Waals surface area contributed by atoms with Gasteiger partial charge in [-0.15, -0.1) is 0 Å². The van der Waals surface area contributed by atoms with Crippen molar-refractivity contribution >= 4 is 17.5 Å². The zero-order valence-electron chi connectivity index (χ0n) is 11.1. The van der Waals surface area contributed by atoms with Crippen LogP contribution in [0.3, 0.4) is 0 Å². The lowest BCUT2D eigenvalue weighted by Crippen LogP contribution is -2.37. The second-order valence-electron chi connectivity index (χ2n) is 4.63. The standard InChI is InChI=1S/C16H16ClNO2/c1-11(15(19)12-6-3-2-4-7-12)18-16(20)13-8-5-9-14(17)10-13/h2-11,15,19H,1H3,(H,18,20)/t11-,15-/m0/s1. The van der Waals surface area contributed by atoms with Gasteiger partial charge in [0.05, 0.1) is 12.1 Å². The van der Waals surface area contributed by atoms with E-state index in [0.29, 0.717) is 10.6 Å². The Labute approximate surface area is 123 Å². The molecule has 0 unspecified atom stereocenters. The largest absolute Gasteiger partial charge is 0.386 e. The van der Waals surface area contributed by atoms with Gasteiger partial charge in [0.15, 0.2) is 0 Å². The van der Waals surface area contributed by atoms with E-state index in [2.05, 4.69) is 5.32 Å². The van der Waals surface area contributed by atoms with E-state index in [-0.39, 0.29) is 5.91 Å². The highest BCUT2D eigenvalue weighted by atomic mass is 35.5. The molecule has 20 heavy (non-hydrogen) atoms. The number of benzene rings is 2. The number of hydrogen-bond donors (Lipinski definition) is 2. The molecule has 0 aromatic heterocycles. The van der Waals surface area contributed by atoms with E-state index in [0.717, 1.165) is 5.56 Å². The lowest BCUT2D eigenvalue weighted by molar-refractivity contribution is 0.0852. The van der Waals surface area contributed by atoms with Crippen molar-refractivity contribution in [2.45, 2.75) is 19.1 Å². The van der Waals surface area contributed by atoms with Gasteiger partial charge in [0, 0.05) is 10.6 Å². The molecule has 1 amide bonds. The second kappa shape index (κ2) is 6.55. The zero-order valence-corrected chi connectivity index (χ0v) is 11.8. The van der Waals surface area contributed by atoms with Crippen LogP contribution in [0.4, 0.5) is 0 Å². The molecule has 0 saturated heterocycles. The zero-order chi connectivity index (χ0) is 14.5. The normalized spacial score (nSPS) is 13.6. The number of carbonyl (C=O) groups excluding carboxylic acids is 1. The predicted octanol–water partition coefficient (Wildman–Crippen LogP) is 3.19. The highest BCUT2D eigenvalue weighted by Gasteiger charge is 2.18. The Kier molecular flexibility index (Phi) is 4.77. The third kappa shape index (κ3) is 3.59. The van der Waals surface area contributed by atoms with Crippen molar-refractivity contribution in [1.29, 1.82) is 0 Å². The van der Waals surface area contributed by atoms with Crippen LogP contribution in [0.15, 0.2) is 54.6 Å². The van der Waals surface area contributed by atoms with Gasteiger partial charge in [-0.05, 0) is 30.7 Å². The molecule has 4 heteroatoms. The van der Waals surface area contributed by atoms with Gasteiger partial charge in [0.1, 0.15) is 0 Å². The van der Waals surface area contributed by atoms with Crippen LogP contribution >= 0.6 is 11.6 Å². The van der Waals surface area contributed by atoms with Crippen molar-refractivity contribution < 1.29 is 9.90 Å². The topological polar surface area (TPSA) is 49.3 Å². The predicted molar refractivity (Wildman–Crippen MR) is 79.8 cm³/mol. The molecule has 0 radical (unpaired) electrons. The fourth-order valence-electron chi connectivity index (χ4n) is 1.94. The summed E-state index contributed by atoms with van der Waals surface area (Å²) in [7, 11) is 0. The summed E-state index contributed by atoms with van der Waals surface area (Å²) in [6.45, 7) is 1.76. The molecule has 2 aromatic rings. The van der Waals surface area contributed by atoms with E-state index in [9.17, 15) is 9.90 Å². The molecule has 0 heterocycles. The highest BCUT2D eigenvalue weighted by molar-refractivity contribution is 6.30. The van der Waals surface area contributed by atoms with E-state index in [1.165, 1.54) is 0 Å². The first kappa shape index (κ1) is 14.6. The number of halogens is 1. The Morgan fingerprint density at radius 3 is 2.50 bits per heavy atom. The van der Waals surface area contributed by atoms with Gasteiger partial charge in [-0.25, -0.2) is 0 Å². The molecule has 0 spiro atoms. The monoisotopic (exact) mass is 289 g/mol. The summed E-state index contributed by atoms with van der Waals surface area (Å²) in [5.41, 5.74) is 1.25. The maximum Gasteiger partial charge on any atom is 0.251 e. The first-order valence-electron chi connectivity index (χ1n) is 6.37. The average molecular weight is 290 g/mol. The molecule has 0 saturated carbocycles. The van der Waals surface area contributed by atoms with Crippen LogP contribution in [0.5, 0.6) is 0 Å². The Bertz CT molecular complexity index is 586. The average Bonchev–Trinajstić information content (AvgIpc) is 2.47.